The van der Waals surface area contributed by atoms with Crippen molar-refractivity contribution in [2.75, 3.05) is 32.1 Å². The first-order valence-corrected chi connectivity index (χ1v) is 10.7. The number of benzene rings is 1. The van der Waals surface area contributed by atoms with Crippen molar-refractivity contribution in [1.82, 2.24) is 14.7 Å². The highest BCUT2D eigenvalue weighted by atomic mass is 16.2. The van der Waals surface area contributed by atoms with E-state index in [0.717, 1.165) is 74.1 Å². The zero-order valence-corrected chi connectivity index (χ0v) is 17.4. The summed E-state index contributed by atoms with van der Waals surface area (Å²) < 4.78 is 1.66. The molecule has 0 saturated carbocycles. The van der Waals surface area contributed by atoms with Crippen LogP contribution in [0.2, 0.25) is 0 Å². The first-order valence-electron chi connectivity index (χ1n) is 10.7. The topological polar surface area (TPSA) is 58.4 Å². The lowest BCUT2D eigenvalue weighted by molar-refractivity contribution is 0.0680. The molecule has 4 rings (SSSR count). The molecule has 1 amide bonds. The predicted octanol–water partition coefficient (Wildman–Crippen LogP) is 2.74. The number of aryl methyl sites for hydroxylation is 2. The molecule has 0 N–H and O–H groups in total. The van der Waals surface area contributed by atoms with Gasteiger partial charge in [0.25, 0.3) is 11.5 Å². The third kappa shape index (κ3) is 4.36. The number of hydrogen-bond acceptors (Lipinski definition) is 4. The molecule has 0 unspecified atom stereocenters. The van der Waals surface area contributed by atoms with Gasteiger partial charge in [0, 0.05) is 51.0 Å². The Morgan fingerprint density at radius 2 is 1.79 bits per heavy atom. The van der Waals surface area contributed by atoms with Crippen molar-refractivity contribution in [3.05, 3.63) is 57.5 Å². The molecule has 2 aliphatic rings. The Balaban J connectivity index is 1.36. The predicted molar refractivity (Wildman–Crippen MR) is 115 cm³/mol. The van der Waals surface area contributed by atoms with Crippen LogP contribution >= 0.6 is 0 Å². The minimum absolute atomic E-state index is 0.0186. The fraction of sp³-hybridized carbons (Fsp3) is 0.522. The van der Waals surface area contributed by atoms with Crippen LogP contribution in [0.25, 0.3) is 0 Å². The second kappa shape index (κ2) is 8.39. The lowest BCUT2D eigenvalue weighted by Gasteiger charge is -2.32. The van der Waals surface area contributed by atoms with Crippen molar-refractivity contribution in [2.45, 2.75) is 45.1 Å². The van der Waals surface area contributed by atoms with E-state index in [2.05, 4.69) is 5.10 Å². The molecule has 1 aliphatic heterocycles. The molecule has 6 nitrogen and oxygen atoms in total. The van der Waals surface area contributed by atoms with Crippen LogP contribution in [0.3, 0.4) is 0 Å². The maximum absolute atomic E-state index is 12.8. The summed E-state index contributed by atoms with van der Waals surface area (Å²) in [6.45, 7) is 2.13. The van der Waals surface area contributed by atoms with Crippen molar-refractivity contribution in [2.24, 2.45) is 5.92 Å². The molecule has 2 aromatic rings. The molecule has 0 radical (unpaired) electrons. The molecule has 6 heteroatoms. The molecule has 1 fully saturated rings. The van der Waals surface area contributed by atoms with Gasteiger partial charge in [-0.25, -0.2) is 4.68 Å². The fourth-order valence-corrected chi connectivity index (χ4v) is 4.38. The van der Waals surface area contributed by atoms with Gasteiger partial charge in [-0.3, -0.25) is 9.59 Å². The standard InChI is InChI=1S/C23H30N4O2/c1-25(2)20-9-7-18(8-10-20)23(29)26-13-11-17(12-14-26)16-27-22(28)15-19-5-3-4-6-21(19)24-27/h7-10,15,17H,3-6,11-14,16H2,1-2H3. The van der Waals surface area contributed by atoms with Crippen molar-refractivity contribution < 1.29 is 4.79 Å². The molecule has 2 heterocycles. The van der Waals surface area contributed by atoms with Crippen LogP contribution in [0.4, 0.5) is 5.69 Å². The second-order valence-corrected chi connectivity index (χ2v) is 8.52. The monoisotopic (exact) mass is 394 g/mol. The highest BCUT2D eigenvalue weighted by Crippen LogP contribution is 2.22. The molecule has 0 atom stereocenters. The largest absolute Gasteiger partial charge is 0.378 e. The maximum Gasteiger partial charge on any atom is 0.267 e. The number of aromatic nitrogens is 2. The van der Waals surface area contributed by atoms with E-state index in [1.165, 1.54) is 0 Å². The number of rotatable bonds is 4. The number of carbonyl (C=O) groups excluding carboxylic acids is 1. The highest BCUT2D eigenvalue weighted by Gasteiger charge is 2.25. The number of anilines is 1. The minimum Gasteiger partial charge on any atom is -0.378 e. The molecule has 0 bridgehead atoms. The van der Waals surface area contributed by atoms with Gasteiger partial charge in [0.1, 0.15) is 0 Å². The van der Waals surface area contributed by atoms with E-state index in [4.69, 9.17) is 0 Å². The summed E-state index contributed by atoms with van der Waals surface area (Å²) in [6.07, 6.45) is 6.10. The zero-order valence-electron chi connectivity index (χ0n) is 17.4. The van der Waals surface area contributed by atoms with Crippen LogP contribution in [0.1, 0.15) is 47.3 Å². The van der Waals surface area contributed by atoms with E-state index in [-0.39, 0.29) is 11.5 Å². The maximum atomic E-state index is 12.8. The third-order valence-electron chi connectivity index (χ3n) is 6.24. The van der Waals surface area contributed by atoms with Gasteiger partial charge in [0.05, 0.1) is 5.69 Å². The average molecular weight is 395 g/mol. The van der Waals surface area contributed by atoms with Gasteiger partial charge in [-0.15, -0.1) is 0 Å². The molecule has 1 aromatic heterocycles. The van der Waals surface area contributed by atoms with E-state index in [1.807, 2.05) is 48.2 Å². The zero-order chi connectivity index (χ0) is 20.4. The summed E-state index contributed by atoms with van der Waals surface area (Å²) in [5, 5.41) is 4.65. The lowest BCUT2D eigenvalue weighted by atomic mass is 9.95. The van der Waals surface area contributed by atoms with Gasteiger partial charge in [0.2, 0.25) is 0 Å². The summed E-state index contributed by atoms with van der Waals surface area (Å²) in [5.41, 5.74) is 4.08. The van der Waals surface area contributed by atoms with E-state index in [0.29, 0.717) is 12.5 Å². The summed E-state index contributed by atoms with van der Waals surface area (Å²) in [5.74, 6) is 0.486. The van der Waals surface area contributed by atoms with Crippen molar-refractivity contribution in [3.8, 4) is 0 Å². The molecule has 1 aliphatic carbocycles. The Labute approximate surface area is 172 Å². The Morgan fingerprint density at radius 1 is 1.10 bits per heavy atom. The van der Waals surface area contributed by atoms with Crippen LogP contribution in [-0.2, 0) is 19.4 Å². The molecular formula is C23H30N4O2. The second-order valence-electron chi connectivity index (χ2n) is 8.52. The number of carbonyl (C=O) groups is 1. The quantitative estimate of drug-likeness (QED) is 0.800. The molecule has 1 saturated heterocycles. The van der Waals surface area contributed by atoms with Crippen LogP contribution in [0.5, 0.6) is 0 Å². The number of piperidine rings is 1. The van der Waals surface area contributed by atoms with Gasteiger partial charge >= 0.3 is 0 Å². The van der Waals surface area contributed by atoms with Gasteiger partial charge < -0.3 is 9.80 Å². The molecule has 1 aromatic carbocycles. The molecule has 154 valence electrons. The van der Waals surface area contributed by atoms with Crippen LogP contribution < -0.4 is 10.5 Å². The number of fused-ring (bicyclic) bond motifs is 1. The van der Waals surface area contributed by atoms with Crippen molar-refractivity contribution in [1.29, 1.82) is 0 Å². The van der Waals surface area contributed by atoms with Crippen LogP contribution in [0.15, 0.2) is 35.1 Å². The van der Waals surface area contributed by atoms with Crippen molar-refractivity contribution >= 4 is 11.6 Å². The van der Waals surface area contributed by atoms with E-state index in [9.17, 15) is 9.59 Å². The van der Waals surface area contributed by atoms with Crippen LogP contribution in [-0.4, -0.2) is 47.8 Å². The Hall–Kier alpha value is -2.63. The Kier molecular flexibility index (Phi) is 5.69. The fourth-order valence-electron chi connectivity index (χ4n) is 4.38. The minimum atomic E-state index is 0.0186. The molecule has 0 spiro atoms. The SMILES string of the molecule is CN(C)c1ccc(C(=O)N2CCC(Cn3nc4c(cc3=O)CCCC4)CC2)cc1. The number of nitrogens with zero attached hydrogens (tertiary/aromatic N) is 4. The lowest BCUT2D eigenvalue weighted by Crippen LogP contribution is -2.40. The van der Waals surface area contributed by atoms with Gasteiger partial charge in [-0.2, -0.15) is 5.10 Å². The van der Waals surface area contributed by atoms with Gasteiger partial charge in [-0.1, -0.05) is 0 Å². The normalized spacial score (nSPS) is 17.1. The molecular weight excluding hydrogens is 364 g/mol. The Morgan fingerprint density at radius 3 is 2.48 bits per heavy atom. The summed E-state index contributed by atoms with van der Waals surface area (Å²) in [6, 6.07) is 9.56. The van der Waals surface area contributed by atoms with E-state index >= 15 is 0 Å². The third-order valence-corrected chi connectivity index (χ3v) is 6.24. The summed E-state index contributed by atoms with van der Waals surface area (Å²) in [4.78, 5) is 29.2. The van der Waals surface area contributed by atoms with Crippen LogP contribution in [0, 0.1) is 5.92 Å². The summed E-state index contributed by atoms with van der Waals surface area (Å²) >= 11 is 0. The average Bonchev–Trinajstić information content (AvgIpc) is 2.74. The smallest absolute Gasteiger partial charge is 0.267 e. The van der Waals surface area contributed by atoms with Gasteiger partial charge in [0.15, 0.2) is 0 Å². The molecule has 29 heavy (non-hydrogen) atoms. The number of likely N-dealkylation sites (tertiary alicyclic amines) is 1. The van der Waals surface area contributed by atoms with E-state index in [1.54, 1.807) is 10.7 Å². The van der Waals surface area contributed by atoms with E-state index < -0.39 is 0 Å². The van der Waals surface area contributed by atoms with Gasteiger partial charge in [-0.05, 0) is 74.3 Å². The number of hydrogen-bond donors (Lipinski definition) is 0. The number of amides is 1. The van der Waals surface area contributed by atoms with Crippen molar-refractivity contribution in [3.63, 3.8) is 0 Å². The summed E-state index contributed by atoms with van der Waals surface area (Å²) in [7, 11) is 3.98. The Bertz CT molecular complexity index is 925. The first-order chi connectivity index (χ1) is 14.0. The first kappa shape index (κ1) is 19.7. The highest BCUT2D eigenvalue weighted by molar-refractivity contribution is 5.94.